The average molecular weight is 231 g/mol. The number of nitrogens with one attached hydrogen (secondary N) is 1. The highest BCUT2D eigenvalue weighted by Crippen LogP contribution is 2.24. The zero-order chi connectivity index (χ0) is 11.8. The van der Waals surface area contributed by atoms with E-state index in [1.54, 1.807) is 6.07 Å². The van der Waals surface area contributed by atoms with Crippen LogP contribution in [0, 0.1) is 0 Å². The van der Waals surface area contributed by atoms with Gasteiger partial charge in [-0.2, -0.15) is 0 Å². The van der Waals surface area contributed by atoms with Crippen molar-refractivity contribution in [2.75, 3.05) is 13.1 Å². The van der Waals surface area contributed by atoms with Crippen LogP contribution in [0.25, 0.3) is 5.52 Å². The molecule has 0 amide bonds. The van der Waals surface area contributed by atoms with Gasteiger partial charge >= 0.3 is 5.97 Å². The Morgan fingerprint density at radius 1 is 1.53 bits per heavy atom. The molecule has 1 aliphatic rings. The third-order valence-corrected chi connectivity index (χ3v) is 3.20. The van der Waals surface area contributed by atoms with Gasteiger partial charge in [-0.25, -0.2) is 9.78 Å². The van der Waals surface area contributed by atoms with Crippen molar-refractivity contribution in [1.29, 1.82) is 0 Å². The lowest BCUT2D eigenvalue weighted by molar-refractivity contribution is 0.0693. The van der Waals surface area contributed by atoms with Gasteiger partial charge in [-0.15, -0.1) is 0 Å². The molecule has 0 saturated carbocycles. The number of nitrogens with zero attached hydrogens (tertiary/aromatic N) is 2. The van der Waals surface area contributed by atoms with E-state index in [0.717, 1.165) is 25.3 Å². The van der Waals surface area contributed by atoms with Crippen molar-refractivity contribution in [2.24, 2.45) is 0 Å². The molecule has 1 saturated heterocycles. The van der Waals surface area contributed by atoms with E-state index in [-0.39, 0.29) is 5.69 Å². The van der Waals surface area contributed by atoms with Crippen molar-refractivity contribution in [3.63, 3.8) is 0 Å². The van der Waals surface area contributed by atoms with E-state index >= 15 is 0 Å². The molecule has 1 atom stereocenters. The summed E-state index contributed by atoms with van der Waals surface area (Å²) in [6.45, 7) is 1.84. The molecule has 1 fully saturated rings. The molecule has 0 aromatic carbocycles. The van der Waals surface area contributed by atoms with E-state index in [9.17, 15) is 4.79 Å². The molecule has 3 rings (SSSR count). The van der Waals surface area contributed by atoms with Gasteiger partial charge in [-0.1, -0.05) is 6.07 Å². The Hall–Kier alpha value is -1.88. The van der Waals surface area contributed by atoms with Crippen molar-refractivity contribution in [3.05, 3.63) is 35.9 Å². The predicted molar refractivity (Wildman–Crippen MR) is 62.4 cm³/mol. The molecule has 5 nitrogen and oxygen atoms in total. The fourth-order valence-corrected chi connectivity index (χ4v) is 2.38. The fraction of sp³-hybridized carbons (Fsp3) is 0.333. The van der Waals surface area contributed by atoms with Crippen molar-refractivity contribution in [2.45, 2.75) is 12.3 Å². The Kier molecular flexibility index (Phi) is 2.33. The molecule has 0 radical (unpaired) electrons. The summed E-state index contributed by atoms with van der Waals surface area (Å²) >= 11 is 0. The lowest BCUT2D eigenvalue weighted by Gasteiger charge is -2.06. The number of hydrogen-bond donors (Lipinski definition) is 2. The molecule has 5 heteroatoms. The SMILES string of the molecule is O=C(O)c1nc(C2CCNC2)n2ccccc12. The lowest BCUT2D eigenvalue weighted by atomic mass is 10.1. The second kappa shape index (κ2) is 3.85. The quantitative estimate of drug-likeness (QED) is 0.812. The van der Waals surface area contributed by atoms with Gasteiger partial charge < -0.3 is 14.8 Å². The number of carboxylic acid groups (broad SMARTS) is 1. The van der Waals surface area contributed by atoms with Gasteiger partial charge in [0.05, 0.1) is 5.52 Å². The number of imidazole rings is 1. The molecule has 0 aliphatic carbocycles. The number of rotatable bonds is 2. The zero-order valence-electron chi connectivity index (χ0n) is 9.26. The van der Waals surface area contributed by atoms with Crippen LogP contribution in [0.3, 0.4) is 0 Å². The molecule has 1 aliphatic heterocycles. The van der Waals surface area contributed by atoms with E-state index in [2.05, 4.69) is 10.3 Å². The topological polar surface area (TPSA) is 66.6 Å². The van der Waals surface area contributed by atoms with Crippen LogP contribution >= 0.6 is 0 Å². The van der Waals surface area contributed by atoms with Crippen molar-refractivity contribution in [3.8, 4) is 0 Å². The van der Waals surface area contributed by atoms with Crippen LogP contribution in [0.5, 0.6) is 0 Å². The molecular formula is C12H13N3O2. The third kappa shape index (κ3) is 1.59. The van der Waals surface area contributed by atoms with Gasteiger partial charge in [-0.3, -0.25) is 0 Å². The second-order valence-electron chi connectivity index (χ2n) is 4.27. The average Bonchev–Trinajstić information content (AvgIpc) is 2.95. The van der Waals surface area contributed by atoms with Crippen LogP contribution in [0.1, 0.15) is 28.7 Å². The minimum atomic E-state index is -0.967. The standard InChI is InChI=1S/C12H13N3O2/c16-12(17)10-9-3-1-2-6-15(9)11(14-10)8-4-5-13-7-8/h1-3,6,8,13H,4-5,7H2,(H,16,17). The first-order valence-corrected chi connectivity index (χ1v) is 5.68. The summed E-state index contributed by atoms with van der Waals surface area (Å²) in [5, 5.41) is 12.4. The van der Waals surface area contributed by atoms with Gasteiger partial charge in [0.25, 0.3) is 0 Å². The Balaban J connectivity index is 2.20. The second-order valence-corrected chi connectivity index (χ2v) is 4.27. The van der Waals surface area contributed by atoms with Crippen LogP contribution in [-0.2, 0) is 0 Å². The minimum absolute atomic E-state index is 0.146. The van der Waals surface area contributed by atoms with Gasteiger partial charge in [0, 0.05) is 18.7 Å². The molecule has 0 bridgehead atoms. The van der Waals surface area contributed by atoms with Gasteiger partial charge in [0.15, 0.2) is 5.69 Å². The molecule has 1 unspecified atom stereocenters. The first kappa shape index (κ1) is 10.3. The van der Waals surface area contributed by atoms with E-state index in [4.69, 9.17) is 5.11 Å². The summed E-state index contributed by atoms with van der Waals surface area (Å²) in [6.07, 6.45) is 2.88. The van der Waals surface area contributed by atoms with E-state index in [1.165, 1.54) is 0 Å². The number of hydrogen-bond acceptors (Lipinski definition) is 3. The number of carbonyl (C=O) groups is 1. The predicted octanol–water partition coefficient (Wildman–Crippen LogP) is 1.11. The maximum Gasteiger partial charge on any atom is 0.356 e. The van der Waals surface area contributed by atoms with Gasteiger partial charge in [0.2, 0.25) is 0 Å². The summed E-state index contributed by atoms with van der Waals surface area (Å²) in [7, 11) is 0. The summed E-state index contributed by atoms with van der Waals surface area (Å²) in [5.41, 5.74) is 0.814. The summed E-state index contributed by atoms with van der Waals surface area (Å²) < 4.78 is 1.89. The van der Waals surface area contributed by atoms with Crippen molar-refractivity contribution < 1.29 is 9.90 Å². The Labute approximate surface area is 98.1 Å². The normalized spacial score (nSPS) is 19.9. The molecule has 2 aromatic rings. The first-order valence-electron chi connectivity index (χ1n) is 5.68. The van der Waals surface area contributed by atoms with E-state index < -0.39 is 5.97 Å². The van der Waals surface area contributed by atoms with Gasteiger partial charge in [-0.05, 0) is 25.1 Å². The first-order chi connectivity index (χ1) is 8.27. The maximum atomic E-state index is 11.2. The maximum absolute atomic E-state index is 11.2. The Bertz CT molecular complexity index is 570. The number of carboxylic acids is 1. The molecule has 88 valence electrons. The highest BCUT2D eigenvalue weighted by atomic mass is 16.4. The zero-order valence-corrected chi connectivity index (χ0v) is 9.26. The molecule has 2 aromatic heterocycles. The summed E-state index contributed by atoms with van der Waals surface area (Å²) in [5.74, 6) is 0.187. The van der Waals surface area contributed by atoms with E-state index in [1.807, 2.05) is 22.7 Å². The van der Waals surface area contributed by atoms with Crippen molar-refractivity contribution in [1.82, 2.24) is 14.7 Å². The molecular weight excluding hydrogens is 218 g/mol. The molecule has 0 spiro atoms. The largest absolute Gasteiger partial charge is 0.476 e. The number of pyridine rings is 1. The number of aromatic nitrogens is 2. The Morgan fingerprint density at radius 2 is 2.41 bits per heavy atom. The molecule has 17 heavy (non-hydrogen) atoms. The van der Waals surface area contributed by atoms with E-state index in [0.29, 0.717) is 11.4 Å². The van der Waals surface area contributed by atoms with Crippen LogP contribution in [0.2, 0.25) is 0 Å². The van der Waals surface area contributed by atoms with Gasteiger partial charge in [0.1, 0.15) is 5.82 Å². The highest BCUT2D eigenvalue weighted by Gasteiger charge is 2.24. The third-order valence-electron chi connectivity index (χ3n) is 3.20. The smallest absolute Gasteiger partial charge is 0.356 e. The number of aromatic carboxylic acids is 1. The fourth-order valence-electron chi connectivity index (χ4n) is 2.38. The van der Waals surface area contributed by atoms with Crippen LogP contribution < -0.4 is 5.32 Å². The lowest BCUT2D eigenvalue weighted by Crippen LogP contribution is -2.10. The number of fused-ring (bicyclic) bond motifs is 1. The highest BCUT2D eigenvalue weighted by molar-refractivity contribution is 5.93. The molecule has 2 N–H and O–H groups in total. The Morgan fingerprint density at radius 3 is 3.12 bits per heavy atom. The monoisotopic (exact) mass is 231 g/mol. The van der Waals surface area contributed by atoms with Crippen LogP contribution in [0.15, 0.2) is 24.4 Å². The van der Waals surface area contributed by atoms with Crippen LogP contribution in [0.4, 0.5) is 0 Å². The van der Waals surface area contributed by atoms with Crippen molar-refractivity contribution >= 4 is 11.5 Å². The minimum Gasteiger partial charge on any atom is -0.476 e. The van der Waals surface area contributed by atoms with Crippen LogP contribution in [-0.4, -0.2) is 33.6 Å². The summed E-state index contributed by atoms with van der Waals surface area (Å²) in [4.78, 5) is 15.4. The molecule has 3 heterocycles. The summed E-state index contributed by atoms with van der Waals surface area (Å²) in [6, 6.07) is 5.52.